The lowest BCUT2D eigenvalue weighted by Crippen LogP contribution is -2.46. The fourth-order valence-electron chi connectivity index (χ4n) is 2.54. The van der Waals surface area contributed by atoms with E-state index in [1.165, 1.54) is 6.07 Å². The van der Waals surface area contributed by atoms with E-state index in [4.69, 9.17) is 0 Å². The molecule has 1 fully saturated rings. The van der Waals surface area contributed by atoms with E-state index in [-0.39, 0.29) is 21.5 Å². The maximum Gasteiger partial charge on any atom is 0.311 e. The van der Waals surface area contributed by atoms with Gasteiger partial charge in [0.25, 0.3) is 5.69 Å². The number of carboxylic acids is 1. The third kappa shape index (κ3) is 3.09. The highest BCUT2D eigenvalue weighted by atomic mass is 127. The summed E-state index contributed by atoms with van der Waals surface area (Å²) in [4.78, 5) is 23.5. The topological polar surface area (TPSA) is 83.7 Å². The lowest BCUT2D eigenvalue weighted by molar-refractivity contribution is -0.384. The van der Waals surface area contributed by atoms with Gasteiger partial charge in [0.2, 0.25) is 0 Å². The molecule has 1 atom stereocenters. The Balaban J connectivity index is 2.44. The van der Waals surface area contributed by atoms with Gasteiger partial charge in [-0.2, -0.15) is 0 Å². The third-order valence-electron chi connectivity index (χ3n) is 3.77. The molecule has 8 heteroatoms. The molecule has 1 aromatic rings. The SMILES string of the molecule is CC1(C(=O)O)CCCN(c2cc(F)c(I)cc2[N+](=O)[O-])C1. The molecule has 0 saturated carbocycles. The van der Waals surface area contributed by atoms with Gasteiger partial charge in [-0.25, -0.2) is 4.39 Å². The van der Waals surface area contributed by atoms with Crippen LogP contribution in [0, 0.1) is 24.9 Å². The van der Waals surface area contributed by atoms with E-state index in [2.05, 4.69) is 0 Å². The summed E-state index contributed by atoms with van der Waals surface area (Å²) in [5.74, 6) is -1.49. The number of rotatable bonds is 3. The fraction of sp³-hybridized carbons (Fsp3) is 0.462. The molecule has 1 N–H and O–H groups in total. The summed E-state index contributed by atoms with van der Waals surface area (Å²) in [6.45, 7) is 2.21. The first-order valence-corrected chi connectivity index (χ1v) is 7.44. The summed E-state index contributed by atoms with van der Waals surface area (Å²) in [6.07, 6.45) is 1.09. The number of piperidine rings is 1. The van der Waals surface area contributed by atoms with Crippen molar-refractivity contribution < 1.29 is 19.2 Å². The molecule has 0 aromatic heterocycles. The summed E-state index contributed by atoms with van der Waals surface area (Å²) in [7, 11) is 0. The summed E-state index contributed by atoms with van der Waals surface area (Å²) < 4.78 is 13.9. The molecule has 0 bridgehead atoms. The van der Waals surface area contributed by atoms with Crippen molar-refractivity contribution in [2.24, 2.45) is 5.41 Å². The number of carboxylic acid groups (broad SMARTS) is 1. The molecule has 1 unspecified atom stereocenters. The van der Waals surface area contributed by atoms with E-state index in [0.717, 1.165) is 6.07 Å². The van der Waals surface area contributed by atoms with E-state index in [0.29, 0.717) is 19.4 Å². The highest BCUT2D eigenvalue weighted by Crippen LogP contribution is 2.37. The Morgan fingerprint density at radius 1 is 1.57 bits per heavy atom. The van der Waals surface area contributed by atoms with Crippen molar-refractivity contribution in [3.05, 3.63) is 31.6 Å². The van der Waals surface area contributed by atoms with Crippen LogP contribution in [0.15, 0.2) is 12.1 Å². The second-order valence-electron chi connectivity index (χ2n) is 5.40. The molecule has 0 amide bonds. The molecule has 1 aliphatic rings. The van der Waals surface area contributed by atoms with E-state index in [9.17, 15) is 24.4 Å². The number of carbonyl (C=O) groups is 1. The molecule has 1 aliphatic heterocycles. The maximum atomic E-state index is 13.8. The Morgan fingerprint density at radius 3 is 2.81 bits per heavy atom. The smallest absolute Gasteiger partial charge is 0.311 e. The molecular weight excluding hydrogens is 394 g/mol. The minimum absolute atomic E-state index is 0.128. The summed E-state index contributed by atoms with van der Waals surface area (Å²) in [5.41, 5.74) is -1.04. The van der Waals surface area contributed by atoms with Crippen molar-refractivity contribution in [2.45, 2.75) is 19.8 Å². The molecule has 0 radical (unpaired) electrons. The van der Waals surface area contributed by atoms with Crippen LogP contribution in [0.4, 0.5) is 15.8 Å². The Kier molecular flexibility index (Phi) is 4.35. The van der Waals surface area contributed by atoms with Crippen LogP contribution in [-0.4, -0.2) is 29.1 Å². The molecule has 1 heterocycles. The Labute approximate surface area is 134 Å². The van der Waals surface area contributed by atoms with Gasteiger partial charge in [0, 0.05) is 25.2 Å². The van der Waals surface area contributed by atoms with Crippen LogP contribution in [0.3, 0.4) is 0 Å². The first-order valence-electron chi connectivity index (χ1n) is 6.36. The quantitative estimate of drug-likeness (QED) is 0.472. The molecule has 21 heavy (non-hydrogen) atoms. The van der Waals surface area contributed by atoms with Crippen molar-refractivity contribution in [3.8, 4) is 0 Å². The minimum Gasteiger partial charge on any atom is -0.481 e. The van der Waals surface area contributed by atoms with Gasteiger partial charge in [-0.05, 0) is 42.4 Å². The summed E-state index contributed by atoms with van der Waals surface area (Å²) >= 11 is 1.70. The second kappa shape index (κ2) is 5.74. The zero-order valence-corrected chi connectivity index (χ0v) is 13.5. The van der Waals surface area contributed by atoms with Gasteiger partial charge in [0.05, 0.1) is 13.9 Å². The van der Waals surface area contributed by atoms with Crippen LogP contribution in [0.25, 0.3) is 0 Å². The van der Waals surface area contributed by atoms with Crippen LogP contribution >= 0.6 is 22.6 Å². The van der Waals surface area contributed by atoms with Gasteiger partial charge in [-0.15, -0.1) is 0 Å². The Bertz CT molecular complexity index is 610. The van der Waals surface area contributed by atoms with E-state index in [1.54, 1.807) is 34.4 Å². The average molecular weight is 408 g/mol. The number of nitro benzene ring substituents is 1. The van der Waals surface area contributed by atoms with Gasteiger partial charge >= 0.3 is 5.97 Å². The first kappa shape index (κ1) is 15.9. The fourth-order valence-corrected chi connectivity index (χ4v) is 3.00. The van der Waals surface area contributed by atoms with Crippen molar-refractivity contribution in [1.29, 1.82) is 0 Å². The van der Waals surface area contributed by atoms with Crippen molar-refractivity contribution in [1.82, 2.24) is 0 Å². The summed E-state index contributed by atoms with van der Waals surface area (Å²) in [5, 5.41) is 20.5. The second-order valence-corrected chi connectivity index (χ2v) is 6.57. The van der Waals surface area contributed by atoms with E-state index < -0.39 is 22.1 Å². The minimum atomic E-state index is -0.981. The number of benzene rings is 1. The number of nitrogens with zero attached hydrogens (tertiary/aromatic N) is 2. The number of hydrogen-bond acceptors (Lipinski definition) is 4. The lowest BCUT2D eigenvalue weighted by Gasteiger charge is -2.38. The standard InChI is InChI=1S/C13H14FIN2O4/c1-13(12(18)19)3-2-4-16(7-13)10-5-8(14)9(15)6-11(10)17(20)21/h5-6H,2-4,7H2,1H3,(H,18,19). The first-order chi connectivity index (χ1) is 9.74. The molecule has 6 nitrogen and oxygen atoms in total. The predicted octanol–water partition coefficient (Wildman–Crippen LogP) is 3.03. The zero-order chi connectivity index (χ0) is 15.8. The Hall–Kier alpha value is -1.45. The molecular formula is C13H14FIN2O4. The lowest BCUT2D eigenvalue weighted by atomic mass is 9.82. The molecule has 114 valence electrons. The maximum absolute atomic E-state index is 13.8. The summed E-state index contributed by atoms with van der Waals surface area (Å²) in [6, 6.07) is 2.30. The number of nitro groups is 1. The van der Waals surface area contributed by atoms with Crippen LogP contribution in [0.5, 0.6) is 0 Å². The highest BCUT2D eigenvalue weighted by Gasteiger charge is 2.39. The van der Waals surface area contributed by atoms with E-state index in [1.807, 2.05) is 0 Å². The molecule has 2 rings (SSSR count). The van der Waals surface area contributed by atoms with Crippen LogP contribution in [0.1, 0.15) is 19.8 Å². The monoisotopic (exact) mass is 408 g/mol. The van der Waals surface area contributed by atoms with Crippen LogP contribution in [-0.2, 0) is 4.79 Å². The van der Waals surface area contributed by atoms with Gasteiger partial charge in [0.1, 0.15) is 11.5 Å². The highest BCUT2D eigenvalue weighted by molar-refractivity contribution is 14.1. The van der Waals surface area contributed by atoms with Crippen LogP contribution < -0.4 is 4.90 Å². The molecule has 1 saturated heterocycles. The van der Waals surface area contributed by atoms with Crippen molar-refractivity contribution in [3.63, 3.8) is 0 Å². The largest absolute Gasteiger partial charge is 0.481 e. The molecule has 1 aromatic carbocycles. The number of halogens is 2. The number of anilines is 1. The Morgan fingerprint density at radius 2 is 2.24 bits per heavy atom. The zero-order valence-electron chi connectivity index (χ0n) is 11.3. The molecule has 0 spiro atoms. The van der Waals surface area contributed by atoms with Gasteiger partial charge < -0.3 is 10.0 Å². The van der Waals surface area contributed by atoms with Crippen LogP contribution in [0.2, 0.25) is 0 Å². The normalized spacial score (nSPS) is 22.1. The van der Waals surface area contributed by atoms with Gasteiger partial charge in [-0.3, -0.25) is 14.9 Å². The predicted molar refractivity (Wildman–Crippen MR) is 83.0 cm³/mol. The molecule has 0 aliphatic carbocycles. The third-order valence-corrected chi connectivity index (χ3v) is 4.59. The number of hydrogen-bond donors (Lipinski definition) is 1. The average Bonchev–Trinajstić information content (AvgIpc) is 2.41. The number of aliphatic carboxylic acids is 1. The van der Waals surface area contributed by atoms with E-state index >= 15 is 0 Å². The van der Waals surface area contributed by atoms with Crippen molar-refractivity contribution in [2.75, 3.05) is 18.0 Å². The van der Waals surface area contributed by atoms with Crippen molar-refractivity contribution >= 4 is 39.9 Å². The van der Waals surface area contributed by atoms with Gasteiger partial charge in [0.15, 0.2) is 0 Å². The van der Waals surface area contributed by atoms with Gasteiger partial charge in [-0.1, -0.05) is 0 Å².